The van der Waals surface area contributed by atoms with Crippen LogP contribution in [0.4, 0.5) is 13.2 Å². The topological polar surface area (TPSA) is 15.3 Å². The summed E-state index contributed by atoms with van der Waals surface area (Å²) in [5.74, 6) is 0.365. The molecular formula is C15H21F3N2. The van der Waals surface area contributed by atoms with Crippen LogP contribution in [0.5, 0.6) is 0 Å². The molecule has 112 valence electrons. The van der Waals surface area contributed by atoms with E-state index in [1.165, 1.54) is 5.56 Å². The molecule has 2 rings (SSSR count). The largest absolute Gasteiger partial charge is 0.401 e. The third-order valence-corrected chi connectivity index (χ3v) is 3.71. The molecule has 0 radical (unpaired) electrons. The van der Waals surface area contributed by atoms with Crippen LogP contribution in [0.1, 0.15) is 18.4 Å². The summed E-state index contributed by atoms with van der Waals surface area (Å²) in [6.07, 6.45) is -2.16. The molecule has 1 aromatic carbocycles. The Morgan fingerprint density at radius 3 is 2.35 bits per heavy atom. The lowest BCUT2D eigenvalue weighted by Crippen LogP contribution is -2.39. The van der Waals surface area contributed by atoms with Gasteiger partial charge < -0.3 is 5.32 Å². The van der Waals surface area contributed by atoms with E-state index in [4.69, 9.17) is 0 Å². The highest BCUT2D eigenvalue weighted by Crippen LogP contribution is 2.19. The van der Waals surface area contributed by atoms with Gasteiger partial charge in [-0.3, -0.25) is 4.90 Å². The van der Waals surface area contributed by atoms with Gasteiger partial charge in [0, 0.05) is 6.54 Å². The average Bonchev–Trinajstić information content (AvgIpc) is 2.41. The minimum atomic E-state index is -4.10. The number of nitrogens with one attached hydrogen (secondary N) is 1. The summed E-state index contributed by atoms with van der Waals surface area (Å²) in [4.78, 5) is 2.37. The molecule has 1 heterocycles. The van der Waals surface area contributed by atoms with E-state index < -0.39 is 12.7 Å². The second kappa shape index (κ2) is 7.09. The van der Waals surface area contributed by atoms with Crippen molar-refractivity contribution >= 4 is 0 Å². The van der Waals surface area contributed by atoms with E-state index in [0.29, 0.717) is 12.5 Å². The molecule has 0 bridgehead atoms. The van der Waals surface area contributed by atoms with Crippen molar-refractivity contribution in [3.8, 4) is 0 Å². The van der Waals surface area contributed by atoms with Crippen molar-refractivity contribution < 1.29 is 13.2 Å². The van der Waals surface area contributed by atoms with Crippen molar-refractivity contribution in [3.63, 3.8) is 0 Å². The highest BCUT2D eigenvalue weighted by Gasteiger charge is 2.27. The van der Waals surface area contributed by atoms with E-state index in [1.54, 1.807) is 0 Å². The van der Waals surface area contributed by atoms with Crippen LogP contribution in [0.15, 0.2) is 30.3 Å². The summed E-state index contributed by atoms with van der Waals surface area (Å²) >= 11 is 0. The molecule has 0 aliphatic carbocycles. The number of alkyl halides is 3. The fourth-order valence-electron chi connectivity index (χ4n) is 2.61. The van der Waals surface area contributed by atoms with Gasteiger partial charge in [-0.2, -0.15) is 13.2 Å². The molecule has 1 fully saturated rings. The van der Waals surface area contributed by atoms with E-state index >= 15 is 0 Å². The number of benzene rings is 1. The average molecular weight is 286 g/mol. The summed E-state index contributed by atoms with van der Waals surface area (Å²) < 4.78 is 36.1. The molecule has 0 atom stereocenters. The number of hydrogen-bond donors (Lipinski definition) is 1. The van der Waals surface area contributed by atoms with Gasteiger partial charge in [0.05, 0.1) is 6.54 Å². The second-order valence-corrected chi connectivity index (χ2v) is 5.45. The zero-order valence-corrected chi connectivity index (χ0v) is 11.5. The normalized spacial score (nSPS) is 18.4. The molecule has 1 N–H and O–H groups in total. The Morgan fingerprint density at radius 2 is 1.75 bits per heavy atom. The van der Waals surface area contributed by atoms with E-state index in [1.807, 2.05) is 18.2 Å². The standard InChI is InChI=1S/C15H21F3N2/c16-15(17,18)12-19-10-13-6-8-20(9-7-13)11-14-4-2-1-3-5-14/h1-5,13,19H,6-12H2. The molecule has 5 heteroatoms. The predicted octanol–water partition coefficient (Wildman–Crippen LogP) is 3.05. The Bertz CT molecular complexity index is 384. The first-order chi connectivity index (χ1) is 9.53. The first-order valence-corrected chi connectivity index (χ1v) is 7.07. The van der Waals surface area contributed by atoms with Crippen LogP contribution in [0.2, 0.25) is 0 Å². The van der Waals surface area contributed by atoms with Gasteiger partial charge in [-0.1, -0.05) is 30.3 Å². The van der Waals surface area contributed by atoms with E-state index in [-0.39, 0.29) is 0 Å². The summed E-state index contributed by atoms with van der Waals surface area (Å²) in [5, 5.41) is 2.52. The van der Waals surface area contributed by atoms with Crippen LogP contribution in [-0.4, -0.2) is 37.3 Å². The first-order valence-electron chi connectivity index (χ1n) is 7.07. The lowest BCUT2D eigenvalue weighted by Gasteiger charge is -2.32. The minimum absolute atomic E-state index is 0.365. The Labute approximate surface area is 118 Å². The van der Waals surface area contributed by atoms with Crippen molar-refractivity contribution in [1.29, 1.82) is 0 Å². The fraction of sp³-hybridized carbons (Fsp3) is 0.600. The lowest BCUT2D eigenvalue weighted by atomic mass is 9.96. The van der Waals surface area contributed by atoms with Crippen LogP contribution in [-0.2, 0) is 6.54 Å². The highest BCUT2D eigenvalue weighted by molar-refractivity contribution is 5.14. The summed E-state index contributed by atoms with van der Waals surface area (Å²) in [6.45, 7) is 2.46. The number of hydrogen-bond acceptors (Lipinski definition) is 2. The molecule has 0 aromatic heterocycles. The SMILES string of the molecule is FC(F)(F)CNCC1CCN(Cc2ccccc2)CC1. The maximum Gasteiger partial charge on any atom is 0.401 e. The van der Waals surface area contributed by atoms with Gasteiger partial charge in [-0.05, 0) is 44.0 Å². The number of halogens is 3. The minimum Gasteiger partial charge on any atom is -0.308 e. The van der Waals surface area contributed by atoms with Crippen molar-refractivity contribution in [2.24, 2.45) is 5.92 Å². The third-order valence-electron chi connectivity index (χ3n) is 3.71. The highest BCUT2D eigenvalue weighted by atomic mass is 19.4. The van der Waals surface area contributed by atoms with Crippen molar-refractivity contribution in [2.75, 3.05) is 26.2 Å². The van der Waals surface area contributed by atoms with Gasteiger partial charge in [0.15, 0.2) is 0 Å². The predicted molar refractivity (Wildman–Crippen MR) is 73.4 cm³/mol. The van der Waals surface area contributed by atoms with E-state index in [9.17, 15) is 13.2 Å². The zero-order chi connectivity index (χ0) is 14.4. The van der Waals surface area contributed by atoms with Crippen LogP contribution < -0.4 is 5.32 Å². The molecule has 0 unspecified atom stereocenters. The number of likely N-dealkylation sites (tertiary alicyclic amines) is 1. The molecule has 0 saturated carbocycles. The summed E-state index contributed by atoms with van der Waals surface area (Å²) in [7, 11) is 0. The van der Waals surface area contributed by atoms with Gasteiger partial charge in [-0.25, -0.2) is 0 Å². The maximum absolute atomic E-state index is 12.0. The monoisotopic (exact) mass is 286 g/mol. The van der Waals surface area contributed by atoms with Crippen LogP contribution in [0.3, 0.4) is 0 Å². The Kier molecular flexibility index (Phi) is 5.43. The zero-order valence-electron chi connectivity index (χ0n) is 11.5. The van der Waals surface area contributed by atoms with Gasteiger partial charge in [-0.15, -0.1) is 0 Å². The Balaban J connectivity index is 1.65. The van der Waals surface area contributed by atoms with Gasteiger partial charge in [0.1, 0.15) is 0 Å². The molecule has 1 aromatic rings. The van der Waals surface area contributed by atoms with E-state index in [0.717, 1.165) is 32.5 Å². The lowest BCUT2D eigenvalue weighted by molar-refractivity contribution is -0.125. The van der Waals surface area contributed by atoms with Crippen molar-refractivity contribution in [3.05, 3.63) is 35.9 Å². The quantitative estimate of drug-likeness (QED) is 0.895. The molecule has 0 spiro atoms. The molecular weight excluding hydrogens is 265 g/mol. The molecule has 1 aliphatic rings. The number of rotatable bonds is 5. The van der Waals surface area contributed by atoms with Gasteiger partial charge in [0.25, 0.3) is 0 Å². The van der Waals surface area contributed by atoms with Gasteiger partial charge in [0.2, 0.25) is 0 Å². The maximum atomic E-state index is 12.0. The Hall–Kier alpha value is -1.07. The summed E-state index contributed by atoms with van der Waals surface area (Å²) in [6, 6.07) is 10.3. The molecule has 1 saturated heterocycles. The first kappa shape index (κ1) is 15.3. The molecule has 20 heavy (non-hydrogen) atoms. The smallest absolute Gasteiger partial charge is 0.308 e. The fourth-order valence-corrected chi connectivity index (χ4v) is 2.61. The number of piperidine rings is 1. The van der Waals surface area contributed by atoms with E-state index in [2.05, 4.69) is 22.3 Å². The van der Waals surface area contributed by atoms with Crippen LogP contribution >= 0.6 is 0 Å². The second-order valence-electron chi connectivity index (χ2n) is 5.45. The Morgan fingerprint density at radius 1 is 1.10 bits per heavy atom. The van der Waals surface area contributed by atoms with Crippen molar-refractivity contribution in [1.82, 2.24) is 10.2 Å². The molecule has 1 aliphatic heterocycles. The third kappa shape index (κ3) is 5.51. The summed E-state index contributed by atoms with van der Waals surface area (Å²) in [5.41, 5.74) is 1.29. The van der Waals surface area contributed by atoms with Crippen LogP contribution in [0.25, 0.3) is 0 Å². The van der Waals surface area contributed by atoms with Crippen LogP contribution in [0, 0.1) is 5.92 Å². The number of nitrogens with zero attached hydrogens (tertiary/aromatic N) is 1. The van der Waals surface area contributed by atoms with Gasteiger partial charge >= 0.3 is 6.18 Å². The molecule has 2 nitrogen and oxygen atoms in total. The van der Waals surface area contributed by atoms with Crippen molar-refractivity contribution in [2.45, 2.75) is 25.6 Å². The molecule has 0 amide bonds.